The fourth-order valence-corrected chi connectivity index (χ4v) is 18.7. The Hall–Kier alpha value is -11.8. The highest BCUT2D eigenvalue weighted by Gasteiger charge is 2.41. The third-order valence-corrected chi connectivity index (χ3v) is 27.3. The summed E-state index contributed by atoms with van der Waals surface area (Å²) >= 11 is 0. The van der Waals surface area contributed by atoms with Crippen molar-refractivity contribution in [1.29, 1.82) is 0 Å². The van der Waals surface area contributed by atoms with Crippen LogP contribution in [0.4, 0.5) is 0 Å². The van der Waals surface area contributed by atoms with Crippen LogP contribution in [0, 0.1) is 0 Å². The van der Waals surface area contributed by atoms with Gasteiger partial charge in [-0.05, 0) is 160 Å². The van der Waals surface area contributed by atoms with Crippen LogP contribution in [-0.2, 0) is 144 Å². The van der Waals surface area contributed by atoms with Gasteiger partial charge >= 0.3 is 35.8 Å². The van der Waals surface area contributed by atoms with Crippen molar-refractivity contribution in [3.63, 3.8) is 0 Å². The van der Waals surface area contributed by atoms with E-state index >= 15 is 0 Å². The van der Waals surface area contributed by atoms with Crippen molar-refractivity contribution in [3.8, 4) is 0 Å². The number of hydrogen-bond acceptors (Lipinski definition) is 36. The van der Waals surface area contributed by atoms with E-state index < -0.39 is 107 Å². The van der Waals surface area contributed by atoms with Crippen LogP contribution in [0.1, 0.15) is 326 Å². The predicted molar refractivity (Wildman–Crippen MR) is 523 cm³/mol. The molecule has 12 aliphatic heterocycles. The lowest BCUT2D eigenvalue weighted by Crippen LogP contribution is -2.48. The van der Waals surface area contributed by atoms with Gasteiger partial charge in [0.1, 0.15) is 0 Å². The molecule has 12 rings (SSSR count). The maximum atomic E-state index is 12.0. The van der Waals surface area contributed by atoms with Crippen LogP contribution in [0.25, 0.3) is 0 Å². The Morgan fingerprint density at radius 2 is 0.292 bits per heavy atom. The number of piperidine rings is 6. The molecule has 144 heavy (non-hydrogen) atoms. The summed E-state index contributed by atoms with van der Waals surface area (Å²) in [5.41, 5.74) is 0. The van der Waals surface area contributed by atoms with Gasteiger partial charge < -0.3 is 60.9 Å². The molecule has 6 N–H and O–H groups in total. The molecule has 12 atom stereocenters. The maximum absolute atomic E-state index is 12.0. The summed E-state index contributed by atoms with van der Waals surface area (Å²) < 4.78 is 0. The molecule has 0 saturated carbocycles. The Morgan fingerprint density at radius 1 is 0.194 bits per heavy atom. The summed E-state index contributed by atoms with van der Waals surface area (Å²) in [6.45, 7) is 27.9. The number of imide groups is 6. The van der Waals surface area contributed by atoms with Crippen molar-refractivity contribution >= 4 is 142 Å². The van der Waals surface area contributed by atoms with Gasteiger partial charge in [0.2, 0.25) is 35.4 Å². The molecule has 12 saturated heterocycles. The smallest absolute Gasteiger partial charge is 0.334 e. The monoisotopic (exact) mass is 2080 g/mol. The van der Waals surface area contributed by atoms with Crippen molar-refractivity contribution in [2.45, 2.75) is 387 Å². The van der Waals surface area contributed by atoms with Crippen molar-refractivity contribution < 1.29 is 156 Å². The van der Waals surface area contributed by atoms with Crippen LogP contribution >= 0.6 is 0 Å². The lowest BCUT2D eigenvalue weighted by atomic mass is 9.98. The number of hydroxylamine groups is 12. The minimum atomic E-state index is -0.710. The second-order valence-corrected chi connectivity index (χ2v) is 38.7. The Morgan fingerprint density at radius 3 is 0.389 bits per heavy atom. The number of rotatable bonds is 36. The molecule has 0 bridgehead atoms. The zero-order valence-corrected chi connectivity index (χ0v) is 85.5. The van der Waals surface area contributed by atoms with Gasteiger partial charge in [-0.2, -0.15) is 0 Å². The van der Waals surface area contributed by atoms with E-state index in [1.165, 1.54) is 38.5 Å². The van der Waals surface area contributed by atoms with Crippen molar-refractivity contribution in [2.75, 3.05) is 78.5 Å². The molecule has 0 aromatic rings. The van der Waals surface area contributed by atoms with E-state index in [9.17, 15) is 115 Å². The third-order valence-electron chi connectivity index (χ3n) is 27.3. The Bertz CT molecular complexity index is 3730. The Labute approximate surface area is 851 Å². The molecular formula is C96H166N18O30. The van der Waals surface area contributed by atoms with Crippen LogP contribution in [0.5, 0.6) is 0 Å². The minimum Gasteiger partial charge on any atom is -0.354 e. The zero-order chi connectivity index (χ0) is 106. The average molecular weight is 2080 g/mol. The highest BCUT2D eigenvalue weighted by atomic mass is 16.8. The van der Waals surface area contributed by atoms with Crippen molar-refractivity contribution in [2.24, 2.45) is 0 Å². The highest BCUT2D eigenvalue weighted by molar-refractivity contribution is 6.05. The zero-order valence-electron chi connectivity index (χ0n) is 85.5. The summed E-state index contributed by atoms with van der Waals surface area (Å²) in [6.07, 6.45) is 20.3. The fourth-order valence-electron chi connectivity index (χ4n) is 18.7. The molecule has 0 aromatic carbocycles. The average Bonchev–Trinajstić information content (AvgIpc) is 1.81. The van der Waals surface area contributed by atoms with Gasteiger partial charge in [0, 0.05) is 200 Å². The van der Waals surface area contributed by atoms with Gasteiger partial charge in [-0.1, -0.05) is 38.5 Å². The SMILES string of the molecule is C[C@@H]1CCC[C@H](C)N1C[13C](=O)[15NH][13CH2][13CH2][13C](=O)ON1C(=O)CCC1=O.C[C@@H]1CCC[C@H](C)N1[13CH2][13C](=O)[15NH][13CH2][13CH2]C(=O)ON1C(=O)CCC1=O.[13CH3][13C@@H]1CCC[13C@H]([13CH3])N1CC(=O)NCCC(=O)ON1C(=O)CCC1=O.[13CH3][13C@@H]1CCC[13C@H]([13CH3])N1CC(=O)[15NH]CCC(=O)ON1C(=O)CCC1=O.[13CH3][C@@H]1CCC[C@H]([13CH3])N1C[13C](=O)[15NH][13CH2]CC(=O)ON1C(=O)CCC1=O.[13CH3][C@@H]1CCC[C@H]([13CH3])N1[13CH2][13C](=O)[15NH]CCC(=O)ON1C(=O)CCC1=O.[HH].[HH].[HH].[HH].[HH].[HH].[HH].[HH]. The standard InChI is InChI=1S/6C16H25N3O5.8H2/c6*1-11-4-3-5-12(2)18(11)10-13(20)17-9-8-16(23)24-19-14(21)6-7-15(19)22;;;;;;;;/h6*11-12H,3-10H2,1-2H3,(H,17,20);8*1H/t6*11-,12+;;;;;;;;/i8+1,9+1,13+1,16+1,17+1;8+1,9+1,10+1,13+1,17+1;1+1,2+1,11+1,12+1,17+1;1+1,2+1,10+1,13+1,17+1;1+1,2+1,9+1,13+1,17+1;1+1,2+1,11+1,12+1;;;;;;;;. The molecule has 18 amide bonds. The third kappa shape index (κ3) is 39.6. The van der Waals surface area contributed by atoms with Crippen LogP contribution in [-0.4, -0.2) is 353 Å². The highest BCUT2D eigenvalue weighted by Crippen LogP contribution is 2.29. The van der Waals surface area contributed by atoms with Gasteiger partial charge in [-0.25, -0.2) is 28.8 Å². The summed E-state index contributed by atoms with van der Waals surface area (Å²) in [6, 6.07) is 4.46. The number of hydrogen-bond donors (Lipinski definition) is 6. The predicted octanol–water partition coefficient (Wildman–Crippen LogP) is 4.14. The first-order valence-corrected chi connectivity index (χ1v) is 50.8. The number of nitrogens with zero attached hydrogens (tertiary/aromatic N) is 12. The summed E-state index contributed by atoms with van der Waals surface area (Å²) in [7, 11) is 0. The van der Waals surface area contributed by atoms with E-state index in [1.807, 2.05) is 0 Å². The van der Waals surface area contributed by atoms with Gasteiger partial charge in [0.05, 0.1) is 77.8 Å². The molecular weight excluding hydrogens is 1910 g/mol. The summed E-state index contributed by atoms with van der Waals surface area (Å²) in [5.74, 6) is -11.2. The van der Waals surface area contributed by atoms with Crippen molar-refractivity contribution in [3.05, 3.63) is 0 Å². The van der Waals surface area contributed by atoms with Crippen LogP contribution < -0.4 is 31.9 Å². The quantitative estimate of drug-likeness (QED) is 0.0291. The van der Waals surface area contributed by atoms with E-state index in [1.54, 1.807) is 0 Å². The van der Waals surface area contributed by atoms with E-state index in [-0.39, 0.29) is 202 Å². The number of nitrogens with one attached hydrogen (secondary N) is 6. The van der Waals surface area contributed by atoms with Crippen LogP contribution in [0.3, 0.4) is 0 Å². The van der Waals surface area contributed by atoms with E-state index in [0.717, 1.165) is 77.0 Å². The first kappa shape index (κ1) is 119. The molecule has 12 fully saturated rings. The molecule has 48 nitrogen and oxygen atoms in total. The fraction of sp³-hybridized carbons (Fsp3) is 0.750. The lowest BCUT2D eigenvalue weighted by Gasteiger charge is -2.38. The topological polar surface area (TPSA) is 576 Å². The molecule has 12 heterocycles. The number of carbonyl (C=O) groups is 24. The summed E-state index contributed by atoms with van der Waals surface area (Å²) in [4.78, 5) is 319. The molecule has 0 spiro atoms. The van der Waals surface area contributed by atoms with E-state index in [4.69, 9.17) is 29.0 Å². The second-order valence-electron chi connectivity index (χ2n) is 38.7. The largest absolute Gasteiger partial charge is 0.354 e. The first-order valence-electron chi connectivity index (χ1n) is 50.8. The number of amides is 18. The molecule has 48 heteroatoms. The van der Waals surface area contributed by atoms with Crippen LogP contribution in [0.15, 0.2) is 0 Å². The number of carbonyl (C=O) groups excluding carboxylic acids is 24. The molecule has 12 aliphatic rings. The molecule has 0 aliphatic carbocycles. The second kappa shape index (κ2) is 60.2. The minimum absolute atomic E-state index is 0. The van der Waals surface area contributed by atoms with Crippen molar-refractivity contribution in [1.82, 2.24) is 91.7 Å². The van der Waals surface area contributed by atoms with Gasteiger partial charge in [0.15, 0.2) is 0 Å². The Kier molecular flexibility index (Phi) is 49.9. The van der Waals surface area contributed by atoms with Gasteiger partial charge in [-0.3, -0.25) is 116 Å². The lowest BCUT2D eigenvalue weighted by molar-refractivity contribution is -0.197. The first-order chi connectivity index (χ1) is 68.3. The normalized spacial score (nSPS) is 25.0. The molecule has 0 unspecified atom stereocenters. The van der Waals surface area contributed by atoms with E-state index in [2.05, 4.69) is 144 Å². The molecule has 820 valence electrons. The number of likely N-dealkylation sites (tertiary alicyclic amines) is 6. The molecule has 0 radical (unpaired) electrons. The van der Waals surface area contributed by atoms with Gasteiger partial charge in [-0.15, -0.1) is 30.4 Å². The maximum Gasteiger partial charge on any atom is 0.334 e. The Balaban J connectivity index is 0. The van der Waals surface area contributed by atoms with Crippen LogP contribution in [0.2, 0.25) is 0 Å². The summed E-state index contributed by atoms with van der Waals surface area (Å²) in [5, 5.41) is 19.2. The van der Waals surface area contributed by atoms with Gasteiger partial charge in [0.25, 0.3) is 70.9 Å². The molecule has 0 aromatic heterocycles. The van der Waals surface area contributed by atoms with E-state index in [0.29, 0.717) is 142 Å².